The van der Waals surface area contributed by atoms with Crippen molar-refractivity contribution in [2.45, 2.75) is 50.1 Å². The van der Waals surface area contributed by atoms with E-state index in [1.807, 2.05) is 0 Å². The summed E-state index contributed by atoms with van der Waals surface area (Å²) in [6, 6.07) is 15.3. The summed E-state index contributed by atoms with van der Waals surface area (Å²) < 4.78 is 108. The Bertz CT molecular complexity index is 3950. The zero-order valence-corrected chi connectivity index (χ0v) is 63.0. The molecule has 0 fully saturated rings. The zero-order valence-electron chi connectivity index (χ0n) is 46.1. The second-order valence-electron chi connectivity index (χ2n) is 15.7. The third kappa shape index (κ3) is 23.1. The number of rotatable bonds is 23. The molecule has 0 unspecified atom stereocenters. The van der Waals surface area contributed by atoms with E-state index in [4.69, 9.17) is 14.2 Å². The maximum absolute atomic E-state index is 14.7. The third-order valence-electron chi connectivity index (χ3n) is 10.3. The van der Waals surface area contributed by atoms with Gasteiger partial charge in [-0.25, -0.2) is 16.8 Å². The van der Waals surface area contributed by atoms with Crippen molar-refractivity contribution >= 4 is 153 Å². The van der Waals surface area contributed by atoms with E-state index in [1.165, 1.54) is 24.3 Å². The van der Waals surface area contributed by atoms with Crippen LogP contribution in [-0.2, 0) is 72.1 Å². The number of carbonyl (C=O) groups excluding carboxylic acids is 6. The van der Waals surface area contributed by atoms with Crippen molar-refractivity contribution in [3.8, 4) is 17.2 Å². The van der Waals surface area contributed by atoms with Crippen LogP contribution < -0.4 is 229 Å². The standard InChI is InChI=1S/C45H33N3O27S6.6Na/c1-19(49)65-37-15-30(78-74-70-57)8-22-7-28(76-72-68-55)13-34(40(22)37)46-43(52)25-4-26(44(53)47-35-14-29(77-73-69-56)9-23-12-33(81(62,63)64)18-39(41(23)35)67-21(3)51)6-27(5-25)45(54)48-36-17-32(80(59,60)61)11-24-10-31(79-75-71-58)16-38(42(24)36)66-20(2)50;;;;;;/h4-18,55-58H,1-3H3,(H,46,52)(H,47,53)(H,48,54)(H,59,60,61)(H,62,63,64);;;;;;/q;6*+1/p-6. The summed E-state index contributed by atoms with van der Waals surface area (Å²) in [4.78, 5) is 79.2. The Morgan fingerprint density at radius 1 is 0.368 bits per heavy atom. The molecule has 0 saturated heterocycles. The fraction of sp³-hybridized carbons (Fsp3) is 0.0667. The topological polar surface area (TPSA) is 447 Å². The molecule has 0 aromatic heterocycles. The first-order valence-corrected chi connectivity index (χ1v) is 27.1. The summed E-state index contributed by atoms with van der Waals surface area (Å²) in [5, 5.41) is 63.3. The van der Waals surface area contributed by atoms with Gasteiger partial charge in [0, 0.05) is 73.2 Å². The van der Waals surface area contributed by atoms with Gasteiger partial charge in [0.15, 0.2) is 0 Å². The number of fused-ring (bicyclic) bond motifs is 3. The first-order chi connectivity index (χ1) is 38.4. The van der Waals surface area contributed by atoms with Crippen LogP contribution >= 0.6 is 48.2 Å². The SMILES string of the molecule is CC(=O)Oc1cc(SOO[O-])cc2cc(SOO[O-])cc(NC(=O)c3cc(C(=O)Nc4cc(S(=O)(=O)[O-])cc5cc(SOO[O-])cc(OC(C)=O)c45)cc(C(=O)Nc4cc(SOO[O-])cc5cc(S(=O)(=O)[O-])cc(OC(C)=O)c45)c3)c12.[Na+].[Na+].[Na+].[Na+].[Na+].[Na+]. The third-order valence-corrected chi connectivity index (χ3v) is 14.1. The van der Waals surface area contributed by atoms with Crippen molar-refractivity contribution in [1.29, 1.82) is 0 Å². The van der Waals surface area contributed by atoms with Crippen molar-refractivity contribution in [3.05, 3.63) is 108 Å². The molecule has 87 heavy (non-hydrogen) atoms. The molecule has 3 N–H and O–H groups in total. The summed E-state index contributed by atoms with van der Waals surface area (Å²) in [5.74, 6) is -7.88. The molecule has 0 atom stereocenters. The van der Waals surface area contributed by atoms with Gasteiger partial charge in [-0.05, 0) is 107 Å². The normalized spacial score (nSPS) is 10.8. The maximum Gasteiger partial charge on any atom is 1.00 e. The van der Waals surface area contributed by atoms with Gasteiger partial charge in [-0.3, -0.25) is 48.9 Å². The number of carbonyl (C=O) groups is 6. The average Bonchev–Trinajstić information content (AvgIpc) is 1.99. The first-order valence-electron chi connectivity index (χ1n) is 21.3. The molecule has 0 aliphatic rings. The second kappa shape index (κ2) is 38.3. The molecule has 7 rings (SSSR count). The Kier molecular flexibility index (Phi) is 36.9. The first kappa shape index (κ1) is 83.9. The van der Waals surface area contributed by atoms with Gasteiger partial charge in [0.1, 0.15) is 37.5 Å². The van der Waals surface area contributed by atoms with Crippen molar-refractivity contribution in [3.63, 3.8) is 0 Å². The van der Waals surface area contributed by atoms with E-state index in [2.05, 4.69) is 53.4 Å². The molecular weight excluding hydrogens is 1340 g/mol. The smallest absolute Gasteiger partial charge is 0.744 e. The molecule has 42 heteroatoms. The van der Waals surface area contributed by atoms with Crippen LogP contribution in [0.1, 0.15) is 51.8 Å². The number of ether oxygens (including phenoxy) is 3. The summed E-state index contributed by atoms with van der Waals surface area (Å²) in [6.45, 7) is 2.92. The quantitative estimate of drug-likeness (QED) is 0.0102. The minimum Gasteiger partial charge on any atom is -0.744 e. The molecule has 0 aliphatic carbocycles. The fourth-order valence-electron chi connectivity index (χ4n) is 7.57. The van der Waals surface area contributed by atoms with Crippen molar-refractivity contribution < 1.29 is 305 Å². The summed E-state index contributed by atoms with van der Waals surface area (Å²) >= 11 is 1.19. The van der Waals surface area contributed by atoms with Gasteiger partial charge < -0.3 is 60.3 Å². The molecule has 3 amide bonds. The van der Waals surface area contributed by atoms with E-state index >= 15 is 0 Å². The minimum atomic E-state index is -5.38. The molecule has 7 aromatic carbocycles. The van der Waals surface area contributed by atoms with Crippen molar-refractivity contribution in [2.24, 2.45) is 0 Å². The number of hydrogen-bond acceptors (Lipinski definition) is 31. The van der Waals surface area contributed by atoms with Crippen molar-refractivity contribution in [1.82, 2.24) is 0 Å². The molecule has 426 valence electrons. The molecule has 0 radical (unpaired) electrons. The van der Waals surface area contributed by atoms with E-state index in [-0.39, 0.29) is 270 Å². The average molecular weight is 1370 g/mol. The molecule has 0 heterocycles. The fourth-order valence-corrected chi connectivity index (χ4v) is 10.4. The van der Waals surface area contributed by atoms with Crippen LogP contribution in [-0.4, -0.2) is 61.6 Å². The number of hydrogen-bond donors (Lipinski definition) is 3. The van der Waals surface area contributed by atoms with E-state index in [9.17, 15) is 75.7 Å². The van der Waals surface area contributed by atoms with Crippen LogP contribution in [0.4, 0.5) is 17.1 Å². The predicted octanol–water partition coefficient (Wildman–Crippen LogP) is -14.6. The van der Waals surface area contributed by atoms with Gasteiger partial charge in [0.2, 0.25) is 0 Å². The molecular formula is C45H27N3Na6O27S6. The number of amides is 3. The van der Waals surface area contributed by atoms with E-state index in [0.717, 1.165) is 75.4 Å². The van der Waals surface area contributed by atoms with Gasteiger partial charge in [0.05, 0.1) is 75.0 Å². The molecule has 7 aromatic rings. The Hall–Kier alpha value is -1.12. The van der Waals surface area contributed by atoms with Gasteiger partial charge in [-0.2, -0.15) is 17.3 Å². The largest absolute Gasteiger partial charge is 1.00 e. The summed E-state index contributed by atoms with van der Waals surface area (Å²) in [7, 11) is -10.7. The van der Waals surface area contributed by atoms with Crippen LogP contribution in [0.25, 0.3) is 32.3 Å². The minimum absolute atomic E-state index is 0. The molecule has 0 spiro atoms. The Morgan fingerprint density at radius 2 is 0.621 bits per heavy atom. The van der Waals surface area contributed by atoms with Crippen LogP contribution in [0.3, 0.4) is 0 Å². The Balaban J connectivity index is 0.00000631. The number of esters is 3. The molecule has 0 bridgehead atoms. The van der Waals surface area contributed by atoms with Gasteiger partial charge in [-0.1, -0.05) is 0 Å². The van der Waals surface area contributed by atoms with Gasteiger partial charge in [0.25, 0.3) is 17.7 Å². The van der Waals surface area contributed by atoms with E-state index in [0.29, 0.717) is 36.2 Å². The molecule has 30 nitrogen and oxygen atoms in total. The Morgan fingerprint density at radius 3 is 0.897 bits per heavy atom. The Labute approximate surface area is 639 Å². The van der Waals surface area contributed by atoms with Crippen molar-refractivity contribution in [2.75, 3.05) is 16.0 Å². The maximum atomic E-state index is 14.7. The monoisotopic (exact) mass is 1370 g/mol. The van der Waals surface area contributed by atoms with E-state index in [1.54, 1.807) is 0 Å². The zero-order chi connectivity index (χ0) is 58.9. The molecule has 0 saturated carbocycles. The van der Waals surface area contributed by atoms with Crippen LogP contribution in [0.5, 0.6) is 17.2 Å². The van der Waals surface area contributed by atoms with Crippen LogP contribution in [0.15, 0.2) is 120 Å². The van der Waals surface area contributed by atoms with Gasteiger partial charge >= 0.3 is 195 Å². The van der Waals surface area contributed by atoms with Crippen LogP contribution in [0, 0.1) is 0 Å². The van der Waals surface area contributed by atoms with Gasteiger partial charge in [-0.15, -0.1) is 0 Å². The van der Waals surface area contributed by atoms with E-state index < -0.39 is 99.5 Å². The van der Waals surface area contributed by atoms with Crippen LogP contribution in [0.2, 0.25) is 0 Å². The predicted molar refractivity (Wildman–Crippen MR) is 264 cm³/mol. The number of nitrogens with one attached hydrogen (secondary N) is 3. The number of anilines is 3. The number of benzene rings is 7. The molecule has 0 aliphatic heterocycles. The summed E-state index contributed by atoms with van der Waals surface area (Å²) in [5.41, 5.74) is -2.97. The second-order valence-corrected chi connectivity index (χ2v) is 21.6. The summed E-state index contributed by atoms with van der Waals surface area (Å²) in [6.07, 6.45) is 0.